The van der Waals surface area contributed by atoms with Gasteiger partial charge in [0.05, 0.1) is 16.9 Å². The van der Waals surface area contributed by atoms with Crippen molar-refractivity contribution in [3.8, 4) is 17.3 Å². The van der Waals surface area contributed by atoms with Crippen LogP contribution < -0.4 is 11.0 Å². The lowest BCUT2D eigenvalue weighted by molar-refractivity contribution is 1.08. The van der Waals surface area contributed by atoms with Crippen LogP contribution in [0.15, 0.2) is 52.4 Å². The molecule has 0 fully saturated rings. The standard InChI is InChI=1S/C20H16ClN5O/c1-12-8-13(2)17(21)15(9-12)11-23-26-20-24-18(14-6-4-3-5-7-14)16(10-22)19(27)25-20/h3-9,11H,1-2H3,(H2,24,25,26,27). The third-order valence-corrected chi connectivity index (χ3v) is 4.40. The Morgan fingerprint density at radius 1 is 1.26 bits per heavy atom. The molecule has 134 valence electrons. The van der Waals surface area contributed by atoms with Crippen LogP contribution in [-0.2, 0) is 0 Å². The molecule has 0 saturated carbocycles. The highest BCUT2D eigenvalue weighted by Gasteiger charge is 2.12. The van der Waals surface area contributed by atoms with Gasteiger partial charge in [-0.2, -0.15) is 10.4 Å². The van der Waals surface area contributed by atoms with Crippen molar-refractivity contribution in [2.24, 2.45) is 5.10 Å². The minimum absolute atomic E-state index is 0.0481. The average molecular weight is 378 g/mol. The van der Waals surface area contributed by atoms with Crippen molar-refractivity contribution < 1.29 is 0 Å². The van der Waals surface area contributed by atoms with Gasteiger partial charge in [0.15, 0.2) is 0 Å². The molecule has 0 saturated heterocycles. The second-order valence-electron chi connectivity index (χ2n) is 5.97. The molecule has 0 spiro atoms. The second-order valence-corrected chi connectivity index (χ2v) is 6.35. The zero-order chi connectivity index (χ0) is 19.4. The molecule has 27 heavy (non-hydrogen) atoms. The summed E-state index contributed by atoms with van der Waals surface area (Å²) in [5.74, 6) is 0.134. The second kappa shape index (κ2) is 7.85. The maximum Gasteiger partial charge on any atom is 0.270 e. The Balaban J connectivity index is 1.94. The summed E-state index contributed by atoms with van der Waals surface area (Å²) in [6.07, 6.45) is 1.56. The van der Waals surface area contributed by atoms with Gasteiger partial charge in [-0.1, -0.05) is 53.6 Å². The number of aromatic nitrogens is 2. The molecule has 0 atom stereocenters. The third kappa shape index (κ3) is 4.05. The van der Waals surface area contributed by atoms with E-state index in [-0.39, 0.29) is 11.5 Å². The van der Waals surface area contributed by atoms with Crippen LogP contribution in [0.4, 0.5) is 5.95 Å². The van der Waals surface area contributed by atoms with E-state index in [0.717, 1.165) is 16.7 Å². The molecule has 0 aliphatic carbocycles. The van der Waals surface area contributed by atoms with E-state index < -0.39 is 5.56 Å². The van der Waals surface area contributed by atoms with Crippen LogP contribution >= 0.6 is 11.6 Å². The summed E-state index contributed by atoms with van der Waals surface area (Å²) in [6.45, 7) is 3.89. The van der Waals surface area contributed by atoms with Gasteiger partial charge >= 0.3 is 0 Å². The minimum Gasteiger partial charge on any atom is -0.290 e. The molecule has 1 heterocycles. The van der Waals surface area contributed by atoms with E-state index in [0.29, 0.717) is 16.3 Å². The van der Waals surface area contributed by atoms with Crippen LogP contribution in [0.2, 0.25) is 5.02 Å². The van der Waals surface area contributed by atoms with Gasteiger partial charge in [-0.3, -0.25) is 9.78 Å². The number of aryl methyl sites for hydroxylation is 2. The Labute approximate surface area is 161 Å². The maximum absolute atomic E-state index is 12.2. The van der Waals surface area contributed by atoms with Gasteiger partial charge in [-0.15, -0.1) is 0 Å². The van der Waals surface area contributed by atoms with E-state index in [9.17, 15) is 10.1 Å². The lowest BCUT2D eigenvalue weighted by Gasteiger charge is -2.07. The molecular weight excluding hydrogens is 362 g/mol. The molecule has 2 N–H and O–H groups in total. The van der Waals surface area contributed by atoms with Crippen LogP contribution in [0.25, 0.3) is 11.3 Å². The molecule has 0 bridgehead atoms. The number of nitrogens with one attached hydrogen (secondary N) is 2. The highest BCUT2D eigenvalue weighted by Crippen LogP contribution is 2.21. The van der Waals surface area contributed by atoms with Crippen LogP contribution in [-0.4, -0.2) is 16.2 Å². The molecule has 3 aromatic rings. The van der Waals surface area contributed by atoms with Crippen molar-refractivity contribution >= 4 is 23.8 Å². The van der Waals surface area contributed by atoms with Crippen molar-refractivity contribution in [2.75, 3.05) is 5.43 Å². The number of hydrogen-bond acceptors (Lipinski definition) is 5. The highest BCUT2D eigenvalue weighted by atomic mass is 35.5. The summed E-state index contributed by atoms with van der Waals surface area (Å²) >= 11 is 6.29. The molecule has 0 radical (unpaired) electrons. The smallest absolute Gasteiger partial charge is 0.270 e. The number of halogens is 1. The van der Waals surface area contributed by atoms with E-state index >= 15 is 0 Å². The number of benzene rings is 2. The van der Waals surface area contributed by atoms with Crippen molar-refractivity contribution in [1.82, 2.24) is 9.97 Å². The Hall–Kier alpha value is -3.43. The van der Waals surface area contributed by atoms with Crippen molar-refractivity contribution in [1.29, 1.82) is 5.26 Å². The average Bonchev–Trinajstić information content (AvgIpc) is 2.66. The zero-order valence-corrected chi connectivity index (χ0v) is 15.5. The summed E-state index contributed by atoms with van der Waals surface area (Å²) in [5, 5.41) is 14.0. The van der Waals surface area contributed by atoms with Crippen LogP contribution in [0.1, 0.15) is 22.3 Å². The fourth-order valence-electron chi connectivity index (χ4n) is 2.67. The number of hydrazone groups is 1. The summed E-state index contributed by atoms with van der Waals surface area (Å²) < 4.78 is 0. The van der Waals surface area contributed by atoms with Gasteiger partial charge in [0.2, 0.25) is 5.95 Å². The molecule has 6 nitrogen and oxygen atoms in total. The molecule has 7 heteroatoms. The molecule has 0 unspecified atom stereocenters. The van der Waals surface area contributed by atoms with E-state index in [4.69, 9.17) is 11.6 Å². The number of aromatic amines is 1. The number of hydrogen-bond donors (Lipinski definition) is 2. The van der Waals surface area contributed by atoms with Gasteiger partial charge in [-0.05, 0) is 25.5 Å². The predicted molar refractivity (Wildman–Crippen MR) is 107 cm³/mol. The first-order chi connectivity index (χ1) is 13.0. The SMILES string of the molecule is Cc1cc(C)c(Cl)c(C=NNc2nc(-c3ccccc3)c(C#N)c(=O)[nH]2)c1. The van der Waals surface area contributed by atoms with Gasteiger partial charge in [0.25, 0.3) is 5.56 Å². The Morgan fingerprint density at radius 3 is 2.70 bits per heavy atom. The van der Waals surface area contributed by atoms with Gasteiger partial charge < -0.3 is 0 Å². The van der Waals surface area contributed by atoms with E-state index in [1.807, 2.05) is 50.2 Å². The van der Waals surface area contributed by atoms with E-state index in [1.165, 1.54) is 0 Å². The molecule has 0 aliphatic heterocycles. The first-order valence-corrected chi connectivity index (χ1v) is 8.53. The number of nitriles is 1. The molecule has 1 aromatic heterocycles. The topological polar surface area (TPSA) is 93.9 Å². The first-order valence-electron chi connectivity index (χ1n) is 8.15. The van der Waals surface area contributed by atoms with E-state index in [1.54, 1.807) is 18.3 Å². The summed E-state index contributed by atoms with van der Waals surface area (Å²) in [6, 6.07) is 14.8. The molecule has 0 amide bonds. The predicted octanol–water partition coefficient (Wildman–Crippen LogP) is 4.02. The molecule has 2 aromatic carbocycles. The number of nitrogens with zero attached hydrogens (tertiary/aromatic N) is 3. The first kappa shape index (κ1) is 18.4. The van der Waals surface area contributed by atoms with Gasteiger partial charge in [0.1, 0.15) is 11.6 Å². The quantitative estimate of drug-likeness (QED) is 0.530. The molecule has 0 aliphatic rings. The van der Waals surface area contributed by atoms with E-state index in [2.05, 4.69) is 20.5 Å². The lowest BCUT2D eigenvalue weighted by atomic mass is 10.1. The summed E-state index contributed by atoms with van der Waals surface area (Å²) in [5.41, 5.74) is 5.85. The number of H-pyrrole nitrogens is 1. The molecule has 3 rings (SSSR count). The van der Waals surface area contributed by atoms with Crippen LogP contribution in [0.5, 0.6) is 0 Å². The highest BCUT2D eigenvalue weighted by molar-refractivity contribution is 6.33. The third-order valence-electron chi connectivity index (χ3n) is 3.88. The number of anilines is 1. The normalized spacial score (nSPS) is 10.7. The fourth-order valence-corrected chi connectivity index (χ4v) is 2.83. The maximum atomic E-state index is 12.2. The Bertz CT molecular complexity index is 1110. The lowest BCUT2D eigenvalue weighted by Crippen LogP contribution is -2.16. The summed E-state index contributed by atoms with van der Waals surface area (Å²) in [4.78, 5) is 19.1. The largest absolute Gasteiger partial charge is 0.290 e. The zero-order valence-electron chi connectivity index (χ0n) is 14.7. The van der Waals surface area contributed by atoms with Gasteiger partial charge in [0, 0.05) is 11.1 Å². The minimum atomic E-state index is -0.534. The van der Waals surface area contributed by atoms with Crippen molar-refractivity contribution in [3.63, 3.8) is 0 Å². The Morgan fingerprint density at radius 2 is 2.00 bits per heavy atom. The van der Waals surface area contributed by atoms with Gasteiger partial charge in [-0.25, -0.2) is 10.4 Å². The summed E-state index contributed by atoms with van der Waals surface area (Å²) in [7, 11) is 0. The molecular formula is C20H16ClN5O. The monoisotopic (exact) mass is 377 g/mol. The fraction of sp³-hybridized carbons (Fsp3) is 0.100. The van der Waals surface area contributed by atoms with Crippen LogP contribution in [0.3, 0.4) is 0 Å². The Kier molecular flexibility index (Phi) is 5.34. The van der Waals surface area contributed by atoms with Crippen molar-refractivity contribution in [3.05, 3.63) is 80.1 Å². The number of rotatable bonds is 4. The van der Waals surface area contributed by atoms with Crippen LogP contribution in [0, 0.1) is 25.2 Å². The van der Waals surface area contributed by atoms with Crippen molar-refractivity contribution in [2.45, 2.75) is 13.8 Å².